The number of rotatable bonds is 7. The Labute approximate surface area is 109 Å². The average Bonchev–Trinajstić information content (AvgIpc) is 3.04. The van der Waals surface area contributed by atoms with Crippen LogP contribution in [0.1, 0.15) is 29.8 Å². The van der Waals surface area contributed by atoms with Gasteiger partial charge in [0.15, 0.2) is 0 Å². The number of nitrogens with one attached hydrogen (secondary N) is 2. The van der Waals surface area contributed by atoms with Crippen molar-refractivity contribution < 1.29 is 9.53 Å². The van der Waals surface area contributed by atoms with Gasteiger partial charge in [-0.3, -0.25) is 4.79 Å². The number of hydrogen-bond donors (Lipinski definition) is 2. The quantitative estimate of drug-likeness (QED) is 0.759. The number of ether oxygens (including phenoxy) is 1. The van der Waals surface area contributed by atoms with Crippen molar-refractivity contribution in [2.24, 2.45) is 5.92 Å². The molecule has 1 aromatic heterocycles. The van der Waals surface area contributed by atoms with E-state index >= 15 is 0 Å². The Hall–Kier alpha value is -0.810. The first-order valence-electron chi connectivity index (χ1n) is 5.95. The van der Waals surface area contributed by atoms with Crippen LogP contribution < -0.4 is 5.32 Å². The van der Waals surface area contributed by atoms with E-state index in [-0.39, 0.29) is 5.91 Å². The van der Waals surface area contributed by atoms with E-state index in [0.717, 1.165) is 30.0 Å². The van der Waals surface area contributed by atoms with Crippen molar-refractivity contribution in [2.45, 2.75) is 19.3 Å². The van der Waals surface area contributed by atoms with Crippen molar-refractivity contribution in [3.63, 3.8) is 0 Å². The molecule has 2 N–H and O–H groups in total. The van der Waals surface area contributed by atoms with Crippen LogP contribution in [0.25, 0.3) is 0 Å². The van der Waals surface area contributed by atoms with Gasteiger partial charge in [0.05, 0.1) is 0 Å². The van der Waals surface area contributed by atoms with Gasteiger partial charge in [-0.25, -0.2) is 0 Å². The van der Waals surface area contributed by atoms with Crippen LogP contribution in [0.5, 0.6) is 0 Å². The zero-order valence-corrected chi connectivity index (χ0v) is 11.3. The largest absolute Gasteiger partial charge is 0.381 e. The van der Waals surface area contributed by atoms with E-state index < -0.39 is 0 Å². The topological polar surface area (TPSA) is 54.1 Å². The minimum absolute atomic E-state index is 0.0714. The van der Waals surface area contributed by atoms with E-state index in [1.54, 1.807) is 12.3 Å². The van der Waals surface area contributed by atoms with Crippen molar-refractivity contribution in [3.05, 3.63) is 22.4 Å². The zero-order chi connectivity index (χ0) is 12.1. The summed E-state index contributed by atoms with van der Waals surface area (Å²) in [6.07, 6.45) is 5.24. The van der Waals surface area contributed by atoms with Gasteiger partial charge in [-0.2, -0.15) is 0 Å². The standard InChI is InChI=1S/C12H17BrN2O2/c13-10-6-11(15-7-10)12(16)14-4-1-5-17-8-9-2-3-9/h6-7,9,15H,1-5,8H2,(H,14,16). The number of aromatic nitrogens is 1. The van der Waals surface area contributed by atoms with Gasteiger partial charge in [0.1, 0.15) is 5.69 Å². The predicted octanol–water partition coefficient (Wildman–Crippen LogP) is 2.32. The average molecular weight is 301 g/mol. The van der Waals surface area contributed by atoms with Crippen molar-refractivity contribution in [3.8, 4) is 0 Å². The van der Waals surface area contributed by atoms with Gasteiger partial charge in [0, 0.05) is 30.4 Å². The van der Waals surface area contributed by atoms with Crippen LogP contribution in [0.2, 0.25) is 0 Å². The van der Waals surface area contributed by atoms with Gasteiger partial charge in [-0.05, 0) is 47.2 Å². The molecule has 1 fully saturated rings. The lowest BCUT2D eigenvalue weighted by molar-refractivity contribution is 0.0933. The lowest BCUT2D eigenvalue weighted by Gasteiger charge is -2.04. The number of H-pyrrole nitrogens is 1. The van der Waals surface area contributed by atoms with Crippen molar-refractivity contribution in [1.29, 1.82) is 0 Å². The van der Waals surface area contributed by atoms with E-state index in [9.17, 15) is 4.79 Å². The first kappa shape index (κ1) is 12.6. The Bertz CT molecular complexity index is 374. The highest BCUT2D eigenvalue weighted by atomic mass is 79.9. The number of amides is 1. The fourth-order valence-electron chi connectivity index (χ4n) is 1.50. The molecular weight excluding hydrogens is 284 g/mol. The second-order valence-corrected chi connectivity index (χ2v) is 5.27. The first-order chi connectivity index (χ1) is 8.25. The Morgan fingerprint density at radius 3 is 3.06 bits per heavy atom. The van der Waals surface area contributed by atoms with Gasteiger partial charge in [0.2, 0.25) is 0 Å². The third kappa shape index (κ3) is 4.52. The van der Waals surface area contributed by atoms with Crippen molar-refractivity contribution >= 4 is 21.8 Å². The maximum atomic E-state index is 11.6. The van der Waals surface area contributed by atoms with Crippen LogP contribution in [-0.2, 0) is 4.74 Å². The molecule has 1 aliphatic rings. The predicted molar refractivity (Wildman–Crippen MR) is 69.0 cm³/mol. The summed E-state index contributed by atoms with van der Waals surface area (Å²) in [5, 5.41) is 2.85. The van der Waals surface area contributed by atoms with Gasteiger partial charge in [-0.1, -0.05) is 0 Å². The minimum Gasteiger partial charge on any atom is -0.381 e. The molecule has 4 nitrogen and oxygen atoms in total. The van der Waals surface area contributed by atoms with Crippen LogP contribution in [0.4, 0.5) is 0 Å². The van der Waals surface area contributed by atoms with Gasteiger partial charge < -0.3 is 15.0 Å². The lowest BCUT2D eigenvalue weighted by atomic mass is 10.4. The second-order valence-electron chi connectivity index (χ2n) is 4.36. The number of carbonyl (C=O) groups is 1. The normalized spacial score (nSPS) is 14.9. The molecule has 0 aliphatic heterocycles. The highest BCUT2D eigenvalue weighted by molar-refractivity contribution is 9.10. The van der Waals surface area contributed by atoms with Crippen molar-refractivity contribution in [1.82, 2.24) is 10.3 Å². The van der Waals surface area contributed by atoms with Gasteiger partial charge in [0.25, 0.3) is 5.91 Å². The summed E-state index contributed by atoms with van der Waals surface area (Å²) in [7, 11) is 0. The molecular formula is C12H17BrN2O2. The summed E-state index contributed by atoms with van der Waals surface area (Å²) >= 11 is 3.29. The molecule has 1 aromatic rings. The summed E-state index contributed by atoms with van der Waals surface area (Å²) in [4.78, 5) is 14.5. The molecule has 0 atom stereocenters. The second kappa shape index (κ2) is 6.21. The Morgan fingerprint density at radius 1 is 1.59 bits per heavy atom. The molecule has 1 aliphatic carbocycles. The lowest BCUT2D eigenvalue weighted by Crippen LogP contribution is -2.25. The molecule has 0 spiro atoms. The highest BCUT2D eigenvalue weighted by Gasteiger charge is 2.20. The third-order valence-electron chi connectivity index (χ3n) is 2.69. The van der Waals surface area contributed by atoms with Crippen LogP contribution in [0.15, 0.2) is 16.7 Å². The Balaban J connectivity index is 1.53. The third-order valence-corrected chi connectivity index (χ3v) is 3.15. The molecule has 1 amide bonds. The fourth-order valence-corrected chi connectivity index (χ4v) is 1.85. The molecule has 0 aromatic carbocycles. The van der Waals surface area contributed by atoms with E-state index in [1.165, 1.54) is 12.8 Å². The Kier molecular flexibility index (Phi) is 4.62. The molecule has 1 saturated carbocycles. The minimum atomic E-state index is -0.0714. The van der Waals surface area contributed by atoms with Gasteiger partial charge in [-0.15, -0.1) is 0 Å². The van der Waals surface area contributed by atoms with E-state index in [0.29, 0.717) is 12.2 Å². The molecule has 17 heavy (non-hydrogen) atoms. The SMILES string of the molecule is O=C(NCCCOCC1CC1)c1cc(Br)c[nH]1. The monoisotopic (exact) mass is 300 g/mol. The molecule has 0 bridgehead atoms. The van der Waals surface area contributed by atoms with Crippen LogP contribution >= 0.6 is 15.9 Å². The molecule has 2 rings (SSSR count). The number of carbonyl (C=O) groups excluding carboxylic acids is 1. The van der Waals surface area contributed by atoms with Gasteiger partial charge >= 0.3 is 0 Å². The van der Waals surface area contributed by atoms with E-state index in [2.05, 4.69) is 26.2 Å². The molecule has 0 saturated heterocycles. The maximum absolute atomic E-state index is 11.6. The molecule has 5 heteroatoms. The summed E-state index contributed by atoms with van der Waals surface area (Å²) < 4.78 is 6.37. The molecule has 94 valence electrons. The van der Waals surface area contributed by atoms with Crippen LogP contribution in [-0.4, -0.2) is 30.6 Å². The summed E-state index contributed by atoms with van der Waals surface area (Å²) in [5.41, 5.74) is 0.579. The maximum Gasteiger partial charge on any atom is 0.267 e. The summed E-state index contributed by atoms with van der Waals surface area (Å²) in [5.74, 6) is 0.735. The first-order valence-corrected chi connectivity index (χ1v) is 6.75. The smallest absolute Gasteiger partial charge is 0.267 e. The number of halogens is 1. The van der Waals surface area contributed by atoms with Crippen LogP contribution in [0, 0.1) is 5.92 Å². The number of aromatic amines is 1. The zero-order valence-electron chi connectivity index (χ0n) is 9.67. The van der Waals surface area contributed by atoms with E-state index in [4.69, 9.17) is 4.74 Å². The summed E-state index contributed by atoms with van der Waals surface area (Å²) in [6, 6.07) is 1.76. The molecule has 1 heterocycles. The van der Waals surface area contributed by atoms with E-state index in [1.807, 2.05) is 0 Å². The molecule has 0 radical (unpaired) electrons. The van der Waals surface area contributed by atoms with Crippen molar-refractivity contribution in [2.75, 3.05) is 19.8 Å². The fraction of sp³-hybridized carbons (Fsp3) is 0.583. The van der Waals surface area contributed by atoms with Crippen LogP contribution in [0.3, 0.4) is 0 Å². The summed E-state index contributed by atoms with van der Waals surface area (Å²) in [6.45, 7) is 2.27. The molecule has 0 unspecified atom stereocenters. The highest BCUT2D eigenvalue weighted by Crippen LogP contribution is 2.28. The Morgan fingerprint density at radius 2 is 2.41 bits per heavy atom. The number of hydrogen-bond acceptors (Lipinski definition) is 2.